The van der Waals surface area contributed by atoms with Crippen LogP contribution in [0.4, 0.5) is 0 Å². The van der Waals surface area contributed by atoms with Gasteiger partial charge in [0, 0.05) is 39.2 Å². The Kier molecular flexibility index (Phi) is 4.34. The lowest BCUT2D eigenvalue weighted by Crippen LogP contribution is -2.17. The Morgan fingerprint density at radius 3 is 2.90 bits per heavy atom. The van der Waals surface area contributed by atoms with Crippen molar-refractivity contribution in [2.45, 2.75) is 19.5 Å². The second-order valence-electron chi connectivity index (χ2n) is 5.16. The maximum Gasteiger partial charge on any atom is 0.0472 e. The van der Waals surface area contributed by atoms with Crippen LogP contribution in [0.2, 0.25) is 5.02 Å². The van der Waals surface area contributed by atoms with Crippen LogP contribution in [-0.2, 0) is 6.54 Å². The third kappa shape index (κ3) is 3.31. The molecule has 0 unspecified atom stereocenters. The predicted octanol–water partition coefficient (Wildman–Crippen LogP) is 5.43. The molecular formula is C17H16BrClN2. The number of hydrogen-bond donors (Lipinski definition) is 2. The number of benzene rings is 2. The molecule has 0 radical (unpaired) electrons. The first-order valence-electron chi connectivity index (χ1n) is 6.88. The summed E-state index contributed by atoms with van der Waals surface area (Å²) in [6, 6.07) is 14.6. The van der Waals surface area contributed by atoms with Crippen LogP contribution in [0.5, 0.6) is 0 Å². The number of fused-ring (bicyclic) bond motifs is 1. The molecule has 0 saturated heterocycles. The van der Waals surface area contributed by atoms with E-state index in [1.165, 1.54) is 16.5 Å². The van der Waals surface area contributed by atoms with E-state index in [1.54, 1.807) is 0 Å². The summed E-state index contributed by atoms with van der Waals surface area (Å²) in [7, 11) is 0. The van der Waals surface area contributed by atoms with Crippen LogP contribution < -0.4 is 5.32 Å². The molecule has 0 aliphatic carbocycles. The smallest absolute Gasteiger partial charge is 0.0472 e. The van der Waals surface area contributed by atoms with Gasteiger partial charge in [0.25, 0.3) is 0 Å². The quantitative estimate of drug-likeness (QED) is 0.635. The van der Waals surface area contributed by atoms with Gasteiger partial charge >= 0.3 is 0 Å². The van der Waals surface area contributed by atoms with E-state index in [0.29, 0.717) is 6.04 Å². The normalized spacial score (nSPS) is 12.7. The standard InChI is InChI=1S/C17H16BrClN2/c1-11(12-3-2-4-14(18)7-12)20-9-13-10-21-17-8-15(19)5-6-16(13)17/h2-8,10-11,20-21H,9H2,1H3/t11-/m0/s1. The summed E-state index contributed by atoms with van der Waals surface area (Å²) < 4.78 is 1.11. The highest BCUT2D eigenvalue weighted by Crippen LogP contribution is 2.23. The van der Waals surface area contributed by atoms with E-state index in [2.05, 4.69) is 57.4 Å². The molecule has 2 aromatic carbocycles. The Hall–Kier alpha value is -1.29. The third-order valence-corrected chi connectivity index (χ3v) is 4.41. The van der Waals surface area contributed by atoms with E-state index in [0.717, 1.165) is 21.6 Å². The molecule has 0 spiro atoms. The summed E-state index contributed by atoms with van der Waals surface area (Å²) in [5.74, 6) is 0. The molecule has 0 bridgehead atoms. The number of aromatic amines is 1. The fourth-order valence-corrected chi connectivity index (χ4v) is 3.05. The molecule has 0 aliphatic heterocycles. The fourth-order valence-electron chi connectivity index (χ4n) is 2.46. The van der Waals surface area contributed by atoms with Gasteiger partial charge in [-0.25, -0.2) is 0 Å². The van der Waals surface area contributed by atoms with Crippen LogP contribution in [-0.4, -0.2) is 4.98 Å². The van der Waals surface area contributed by atoms with Crippen LogP contribution >= 0.6 is 27.5 Å². The monoisotopic (exact) mass is 362 g/mol. The lowest BCUT2D eigenvalue weighted by atomic mass is 10.1. The van der Waals surface area contributed by atoms with Crippen LogP contribution in [0.3, 0.4) is 0 Å². The Morgan fingerprint density at radius 2 is 2.10 bits per heavy atom. The minimum atomic E-state index is 0.291. The average Bonchev–Trinajstić information content (AvgIpc) is 2.87. The van der Waals surface area contributed by atoms with E-state index < -0.39 is 0 Å². The number of rotatable bonds is 4. The SMILES string of the molecule is C[C@H](NCc1c[nH]c2cc(Cl)ccc12)c1cccc(Br)c1. The maximum absolute atomic E-state index is 6.01. The highest BCUT2D eigenvalue weighted by molar-refractivity contribution is 9.10. The van der Waals surface area contributed by atoms with Crippen LogP contribution in [0.1, 0.15) is 24.1 Å². The molecule has 0 fully saturated rings. The van der Waals surface area contributed by atoms with Gasteiger partial charge in [-0.2, -0.15) is 0 Å². The first-order valence-corrected chi connectivity index (χ1v) is 8.05. The lowest BCUT2D eigenvalue weighted by Gasteiger charge is -2.14. The molecule has 1 heterocycles. The summed E-state index contributed by atoms with van der Waals surface area (Å²) >= 11 is 9.52. The second kappa shape index (κ2) is 6.22. The van der Waals surface area contributed by atoms with Gasteiger partial charge in [-0.05, 0) is 42.3 Å². The fraction of sp³-hybridized carbons (Fsp3) is 0.176. The number of halogens is 2. The van der Waals surface area contributed by atoms with Crippen molar-refractivity contribution in [1.82, 2.24) is 10.3 Å². The minimum Gasteiger partial charge on any atom is -0.361 e. The molecule has 3 rings (SSSR count). The zero-order valence-electron chi connectivity index (χ0n) is 11.7. The Labute approximate surface area is 137 Å². The van der Waals surface area contributed by atoms with Gasteiger partial charge in [-0.15, -0.1) is 0 Å². The van der Waals surface area contributed by atoms with Crippen molar-refractivity contribution >= 4 is 38.4 Å². The van der Waals surface area contributed by atoms with Crippen molar-refractivity contribution in [2.75, 3.05) is 0 Å². The summed E-state index contributed by atoms with van der Waals surface area (Å²) in [6.45, 7) is 2.99. The molecule has 1 aromatic heterocycles. The van der Waals surface area contributed by atoms with E-state index in [-0.39, 0.29) is 0 Å². The third-order valence-electron chi connectivity index (χ3n) is 3.68. The van der Waals surface area contributed by atoms with Gasteiger partial charge in [0.2, 0.25) is 0 Å². The number of aromatic nitrogens is 1. The Balaban J connectivity index is 1.74. The molecule has 0 aliphatic rings. The number of H-pyrrole nitrogens is 1. The molecule has 3 aromatic rings. The van der Waals surface area contributed by atoms with Crippen molar-refractivity contribution in [3.8, 4) is 0 Å². The molecule has 2 N–H and O–H groups in total. The molecular weight excluding hydrogens is 348 g/mol. The first-order chi connectivity index (χ1) is 10.1. The predicted molar refractivity (Wildman–Crippen MR) is 92.7 cm³/mol. The van der Waals surface area contributed by atoms with Gasteiger partial charge in [0.1, 0.15) is 0 Å². The van der Waals surface area contributed by atoms with Gasteiger partial charge in [0.05, 0.1) is 0 Å². The van der Waals surface area contributed by atoms with E-state index in [9.17, 15) is 0 Å². The molecule has 2 nitrogen and oxygen atoms in total. The van der Waals surface area contributed by atoms with Crippen molar-refractivity contribution in [3.05, 3.63) is 69.3 Å². The Bertz CT molecular complexity index is 766. The van der Waals surface area contributed by atoms with Crippen molar-refractivity contribution < 1.29 is 0 Å². The molecule has 21 heavy (non-hydrogen) atoms. The second-order valence-corrected chi connectivity index (χ2v) is 6.51. The number of nitrogens with one attached hydrogen (secondary N) is 2. The van der Waals surface area contributed by atoms with Crippen LogP contribution in [0, 0.1) is 0 Å². The zero-order chi connectivity index (χ0) is 14.8. The van der Waals surface area contributed by atoms with E-state index in [1.807, 2.05) is 24.4 Å². The summed E-state index contributed by atoms with van der Waals surface area (Å²) in [4.78, 5) is 3.27. The molecule has 1 atom stereocenters. The molecule has 108 valence electrons. The zero-order valence-corrected chi connectivity index (χ0v) is 14.0. The molecule has 0 amide bonds. The summed E-state index contributed by atoms with van der Waals surface area (Å²) in [5, 5.41) is 5.53. The largest absolute Gasteiger partial charge is 0.361 e. The maximum atomic E-state index is 6.01. The Morgan fingerprint density at radius 1 is 1.24 bits per heavy atom. The lowest BCUT2D eigenvalue weighted by molar-refractivity contribution is 0.576. The van der Waals surface area contributed by atoms with Gasteiger partial charge < -0.3 is 10.3 Å². The van der Waals surface area contributed by atoms with Gasteiger partial charge in [-0.3, -0.25) is 0 Å². The highest BCUT2D eigenvalue weighted by atomic mass is 79.9. The minimum absolute atomic E-state index is 0.291. The topological polar surface area (TPSA) is 27.8 Å². The van der Waals surface area contributed by atoms with E-state index in [4.69, 9.17) is 11.6 Å². The molecule has 0 saturated carbocycles. The first kappa shape index (κ1) is 14.6. The summed E-state index contributed by atoms with van der Waals surface area (Å²) in [5.41, 5.74) is 3.60. The van der Waals surface area contributed by atoms with Crippen LogP contribution in [0.25, 0.3) is 10.9 Å². The van der Waals surface area contributed by atoms with Crippen molar-refractivity contribution in [1.29, 1.82) is 0 Å². The van der Waals surface area contributed by atoms with E-state index >= 15 is 0 Å². The number of hydrogen-bond acceptors (Lipinski definition) is 1. The van der Waals surface area contributed by atoms with Crippen molar-refractivity contribution in [2.24, 2.45) is 0 Å². The van der Waals surface area contributed by atoms with Gasteiger partial charge in [0.15, 0.2) is 0 Å². The summed E-state index contributed by atoms with van der Waals surface area (Å²) in [6.07, 6.45) is 2.04. The highest BCUT2D eigenvalue weighted by Gasteiger charge is 2.08. The average molecular weight is 364 g/mol. The van der Waals surface area contributed by atoms with Crippen molar-refractivity contribution in [3.63, 3.8) is 0 Å². The van der Waals surface area contributed by atoms with Gasteiger partial charge in [-0.1, -0.05) is 45.7 Å². The van der Waals surface area contributed by atoms with Crippen LogP contribution in [0.15, 0.2) is 53.1 Å². The molecule has 4 heteroatoms.